The second-order valence-corrected chi connectivity index (χ2v) is 5.88. The Morgan fingerprint density at radius 1 is 1.44 bits per heavy atom. The van der Waals surface area contributed by atoms with E-state index >= 15 is 0 Å². The van der Waals surface area contributed by atoms with Gasteiger partial charge in [-0.05, 0) is 66.3 Å². The summed E-state index contributed by atoms with van der Waals surface area (Å²) in [5.41, 5.74) is 1.95. The highest BCUT2D eigenvalue weighted by Crippen LogP contribution is 2.19. The average molecular weight is 355 g/mol. The van der Waals surface area contributed by atoms with Crippen LogP contribution in [0.25, 0.3) is 0 Å². The molecule has 18 heavy (non-hydrogen) atoms. The van der Waals surface area contributed by atoms with E-state index in [-0.39, 0.29) is 5.91 Å². The van der Waals surface area contributed by atoms with Gasteiger partial charge in [0.1, 0.15) is 0 Å². The topological polar surface area (TPSA) is 29.1 Å². The van der Waals surface area contributed by atoms with Gasteiger partial charge in [0.25, 0.3) is 5.91 Å². The van der Waals surface area contributed by atoms with Crippen molar-refractivity contribution in [1.29, 1.82) is 0 Å². The maximum atomic E-state index is 12.1. The summed E-state index contributed by atoms with van der Waals surface area (Å²) < 4.78 is 1.05. The number of amides is 1. The second kappa shape index (κ2) is 6.36. The Morgan fingerprint density at radius 2 is 2.28 bits per heavy atom. The van der Waals surface area contributed by atoms with Crippen LogP contribution in [0.1, 0.15) is 35.2 Å². The molecule has 96 valence electrons. The van der Waals surface area contributed by atoms with Gasteiger partial charge in [0.2, 0.25) is 0 Å². The number of nitrogens with one attached hydrogen (secondary N) is 1. The molecule has 0 aromatic heterocycles. The molecule has 0 heterocycles. The van der Waals surface area contributed by atoms with Gasteiger partial charge >= 0.3 is 0 Å². The Morgan fingerprint density at radius 3 is 3.00 bits per heavy atom. The van der Waals surface area contributed by atoms with Gasteiger partial charge in [-0.25, -0.2) is 0 Å². The number of benzene rings is 1. The van der Waals surface area contributed by atoms with Gasteiger partial charge in [0, 0.05) is 10.1 Å². The largest absolute Gasteiger partial charge is 0.352 e. The predicted molar refractivity (Wildman–Crippen MR) is 82.7 cm³/mol. The molecule has 1 amide bonds. The highest BCUT2D eigenvalue weighted by atomic mass is 127. The van der Waals surface area contributed by atoms with Gasteiger partial charge in [-0.1, -0.05) is 24.3 Å². The summed E-state index contributed by atoms with van der Waals surface area (Å²) in [6, 6.07) is 5.87. The average Bonchev–Trinajstić information content (AvgIpc) is 2.40. The lowest BCUT2D eigenvalue weighted by molar-refractivity contribution is 0.0945. The molecule has 0 aliphatic heterocycles. The van der Waals surface area contributed by atoms with Crippen LogP contribution in [0, 0.1) is 16.4 Å². The Hall–Kier alpha value is -0.840. The predicted octanol–water partition coefficient (Wildman–Crippen LogP) is 3.69. The van der Waals surface area contributed by atoms with Crippen LogP contribution in [0.2, 0.25) is 0 Å². The van der Waals surface area contributed by atoms with Gasteiger partial charge in [-0.3, -0.25) is 4.79 Å². The van der Waals surface area contributed by atoms with Crippen molar-refractivity contribution in [2.45, 2.75) is 26.2 Å². The summed E-state index contributed by atoms with van der Waals surface area (Å²) in [6.45, 7) is 2.82. The number of allylic oxidation sites excluding steroid dienone is 2. The second-order valence-electron chi connectivity index (χ2n) is 4.80. The fraction of sp³-hybridized carbons (Fsp3) is 0.400. The van der Waals surface area contributed by atoms with Crippen LogP contribution in [-0.2, 0) is 0 Å². The van der Waals surface area contributed by atoms with E-state index in [0.29, 0.717) is 5.92 Å². The number of hydrogen-bond acceptors (Lipinski definition) is 1. The lowest BCUT2D eigenvalue weighted by Gasteiger charge is -2.18. The van der Waals surface area contributed by atoms with E-state index in [4.69, 9.17) is 0 Å². The molecule has 1 aromatic rings. The molecule has 0 radical (unpaired) electrons. The van der Waals surface area contributed by atoms with Crippen LogP contribution in [0.5, 0.6) is 0 Å². The first-order chi connectivity index (χ1) is 8.68. The molecule has 0 fully saturated rings. The highest BCUT2D eigenvalue weighted by molar-refractivity contribution is 14.1. The summed E-state index contributed by atoms with van der Waals surface area (Å²) in [6.07, 6.45) is 7.86. The van der Waals surface area contributed by atoms with E-state index in [9.17, 15) is 4.79 Å². The van der Waals surface area contributed by atoms with Gasteiger partial charge < -0.3 is 5.32 Å². The Labute approximate surface area is 122 Å². The monoisotopic (exact) mass is 355 g/mol. The first-order valence-electron chi connectivity index (χ1n) is 6.37. The molecule has 1 aliphatic carbocycles. The molecule has 2 nitrogen and oxygen atoms in total. The lowest BCUT2D eigenvalue weighted by Crippen LogP contribution is -2.30. The van der Waals surface area contributed by atoms with Crippen LogP contribution >= 0.6 is 22.6 Å². The summed E-state index contributed by atoms with van der Waals surface area (Å²) in [4.78, 5) is 12.1. The molecule has 0 spiro atoms. The first kappa shape index (κ1) is 13.6. The highest BCUT2D eigenvalue weighted by Gasteiger charge is 2.14. The molecule has 1 aliphatic rings. The SMILES string of the molecule is Cc1cccc(C(=O)NCC2CC=CCC2)c1I. The Kier molecular flexibility index (Phi) is 4.80. The van der Waals surface area contributed by atoms with Crippen molar-refractivity contribution in [3.63, 3.8) is 0 Å². The van der Waals surface area contributed by atoms with E-state index in [0.717, 1.165) is 34.1 Å². The van der Waals surface area contributed by atoms with E-state index in [1.165, 1.54) is 6.42 Å². The molecule has 1 unspecified atom stereocenters. The number of halogens is 1. The zero-order valence-corrected chi connectivity index (χ0v) is 12.7. The van der Waals surface area contributed by atoms with E-state index < -0.39 is 0 Å². The molecular formula is C15H18INO. The zero-order chi connectivity index (χ0) is 13.0. The molecule has 1 N–H and O–H groups in total. The van der Waals surface area contributed by atoms with Crippen molar-refractivity contribution in [1.82, 2.24) is 5.32 Å². The molecule has 1 atom stereocenters. The Bertz CT molecular complexity index is 468. The van der Waals surface area contributed by atoms with Crippen LogP contribution < -0.4 is 5.32 Å². The summed E-state index contributed by atoms with van der Waals surface area (Å²) in [5, 5.41) is 3.06. The summed E-state index contributed by atoms with van der Waals surface area (Å²) in [7, 11) is 0. The third kappa shape index (κ3) is 3.34. The molecule has 0 saturated carbocycles. The van der Waals surface area contributed by atoms with Crippen molar-refractivity contribution in [3.8, 4) is 0 Å². The number of carbonyl (C=O) groups is 1. The van der Waals surface area contributed by atoms with Gasteiger partial charge in [-0.2, -0.15) is 0 Å². The van der Waals surface area contributed by atoms with Crippen LogP contribution in [-0.4, -0.2) is 12.5 Å². The van der Waals surface area contributed by atoms with Crippen molar-refractivity contribution in [3.05, 3.63) is 45.0 Å². The third-order valence-corrected chi connectivity index (χ3v) is 4.80. The van der Waals surface area contributed by atoms with Crippen LogP contribution in [0.3, 0.4) is 0 Å². The summed E-state index contributed by atoms with van der Waals surface area (Å²) in [5.74, 6) is 0.652. The number of rotatable bonds is 3. The first-order valence-corrected chi connectivity index (χ1v) is 7.44. The van der Waals surface area contributed by atoms with Crippen LogP contribution in [0.4, 0.5) is 0 Å². The maximum absolute atomic E-state index is 12.1. The minimum absolute atomic E-state index is 0.0534. The third-order valence-electron chi connectivity index (χ3n) is 3.37. The van der Waals surface area contributed by atoms with E-state index in [2.05, 4.69) is 40.1 Å². The van der Waals surface area contributed by atoms with Crippen molar-refractivity contribution < 1.29 is 4.79 Å². The van der Waals surface area contributed by atoms with Gasteiger partial charge in [-0.15, -0.1) is 0 Å². The van der Waals surface area contributed by atoms with Crippen molar-refractivity contribution in [2.75, 3.05) is 6.54 Å². The quantitative estimate of drug-likeness (QED) is 0.650. The molecule has 3 heteroatoms. The minimum atomic E-state index is 0.0534. The minimum Gasteiger partial charge on any atom is -0.352 e. The van der Waals surface area contributed by atoms with E-state index in [1.807, 2.05) is 25.1 Å². The smallest absolute Gasteiger partial charge is 0.252 e. The lowest BCUT2D eigenvalue weighted by atomic mass is 9.94. The Balaban J connectivity index is 1.95. The standard InChI is InChI=1S/C15H18INO/c1-11-6-5-9-13(14(11)16)15(18)17-10-12-7-3-2-4-8-12/h2-3,5-6,9,12H,4,7-8,10H2,1H3,(H,17,18). The maximum Gasteiger partial charge on any atom is 0.252 e. The number of aryl methyl sites for hydroxylation is 1. The van der Waals surface area contributed by atoms with Crippen LogP contribution in [0.15, 0.2) is 30.4 Å². The van der Waals surface area contributed by atoms with Gasteiger partial charge in [0.15, 0.2) is 0 Å². The molecule has 0 saturated heterocycles. The van der Waals surface area contributed by atoms with E-state index in [1.54, 1.807) is 0 Å². The fourth-order valence-corrected chi connectivity index (χ4v) is 2.80. The fourth-order valence-electron chi connectivity index (χ4n) is 2.20. The molecule has 0 bridgehead atoms. The summed E-state index contributed by atoms with van der Waals surface area (Å²) >= 11 is 2.24. The normalized spacial score (nSPS) is 18.7. The van der Waals surface area contributed by atoms with Crippen molar-refractivity contribution >= 4 is 28.5 Å². The molecular weight excluding hydrogens is 337 g/mol. The number of carbonyl (C=O) groups excluding carboxylic acids is 1. The molecule has 1 aromatic carbocycles. The molecule has 2 rings (SSSR count). The van der Waals surface area contributed by atoms with Gasteiger partial charge in [0.05, 0.1) is 5.56 Å². The van der Waals surface area contributed by atoms with Crippen molar-refractivity contribution in [2.24, 2.45) is 5.92 Å². The zero-order valence-electron chi connectivity index (χ0n) is 10.6. The number of hydrogen-bond donors (Lipinski definition) is 1.